The quantitative estimate of drug-likeness (QED) is 0.841. The maximum absolute atomic E-state index is 11.3. The number of amides is 1. The molecule has 1 aromatic carbocycles. The molecule has 18 heavy (non-hydrogen) atoms. The van der Waals surface area contributed by atoms with Crippen molar-refractivity contribution in [2.24, 2.45) is 0 Å². The van der Waals surface area contributed by atoms with Gasteiger partial charge in [0.15, 0.2) is 6.61 Å². The molecule has 0 radical (unpaired) electrons. The van der Waals surface area contributed by atoms with E-state index >= 15 is 0 Å². The summed E-state index contributed by atoms with van der Waals surface area (Å²) in [5.41, 5.74) is 1.98. The zero-order chi connectivity index (χ0) is 13.0. The molecule has 0 bridgehead atoms. The van der Waals surface area contributed by atoms with E-state index in [0.717, 1.165) is 30.8 Å². The zero-order valence-electron chi connectivity index (χ0n) is 11.0. The number of carbonyl (C=O) groups is 1. The van der Waals surface area contributed by atoms with Crippen LogP contribution >= 0.6 is 0 Å². The van der Waals surface area contributed by atoms with Crippen LogP contribution in [0.1, 0.15) is 38.3 Å². The summed E-state index contributed by atoms with van der Waals surface area (Å²) in [7, 11) is 0. The second-order valence-electron chi connectivity index (χ2n) is 4.49. The molecule has 4 nitrogen and oxygen atoms in total. The van der Waals surface area contributed by atoms with Gasteiger partial charge in [-0.05, 0) is 30.7 Å². The summed E-state index contributed by atoms with van der Waals surface area (Å²) >= 11 is 0. The van der Waals surface area contributed by atoms with Gasteiger partial charge in [-0.3, -0.25) is 4.79 Å². The lowest BCUT2D eigenvalue weighted by atomic mass is 10.0. The average Bonchev–Trinajstić information content (AvgIpc) is 2.37. The summed E-state index contributed by atoms with van der Waals surface area (Å²) in [6, 6.07) is 6.35. The van der Waals surface area contributed by atoms with E-state index in [1.807, 2.05) is 12.1 Å². The van der Waals surface area contributed by atoms with E-state index in [4.69, 9.17) is 4.74 Å². The Balaban J connectivity index is 2.22. The minimum absolute atomic E-state index is 0.0878. The summed E-state index contributed by atoms with van der Waals surface area (Å²) in [6.07, 6.45) is 2.21. The van der Waals surface area contributed by atoms with E-state index in [9.17, 15) is 4.79 Å². The molecule has 0 aromatic heterocycles. The van der Waals surface area contributed by atoms with Crippen LogP contribution in [0.2, 0.25) is 0 Å². The molecule has 0 spiro atoms. The van der Waals surface area contributed by atoms with Crippen LogP contribution in [-0.4, -0.2) is 19.1 Å². The van der Waals surface area contributed by atoms with Crippen molar-refractivity contribution in [3.63, 3.8) is 0 Å². The van der Waals surface area contributed by atoms with Crippen molar-refractivity contribution in [1.82, 2.24) is 5.32 Å². The van der Waals surface area contributed by atoms with Crippen molar-refractivity contribution >= 4 is 11.6 Å². The molecule has 0 fully saturated rings. The topological polar surface area (TPSA) is 50.4 Å². The Hall–Kier alpha value is -1.55. The molecule has 1 aliphatic heterocycles. The van der Waals surface area contributed by atoms with E-state index in [1.165, 1.54) is 5.56 Å². The monoisotopic (exact) mass is 248 g/mol. The lowest BCUT2D eigenvalue weighted by molar-refractivity contribution is -0.118. The minimum Gasteiger partial charge on any atom is -0.482 e. The van der Waals surface area contributed by atoms with Gasteiger partial charge in [-0.2, -0.15) is 0 Å². The van der Waals surface area contributed by atoms with Crippen LogP contribution in [-0.2, 0) is 4.79 Å². The molecule has 0 aliphatic carbocycles. The largest absolute Gasteiger partial charge is 0.482 e. The lowest BCUT2D eigenvalue weighted by Crippen LogP contribution is -2.26. The Morgan fingerprint density at radius 1 is 1.44 bits per heavy atom. The first-order chi connectivity index (χ1) is 8.74. The van der Waals surface area contributed by atoms with Crippen molar-refractivity contribution in [1.29, 1.82) is 0 Å². The Kier molecular flexibility index (Phi) is 4.20. The smallest absolute Gasteiger partial charge is 0.262 e. The van der Waals surface area contributed by atoms with Crippen LogP contribution in [0, 0.1) is 0 Å². The van der Waals surface area contributed by atoms with Gasteiger partial charge >= 0.3 is 0 Å². The van der Waals surface area contributed by atoms with Crippen LogP contribution in [0.25, 0.3) is 0 Å². The van der Waals surface area contributed by atoms with Crippen LogP contribution in [0.4, 0.5) is 5.69 Å². The molecule has 1 unspecified atom stereocenters. The molecular formula is C14H20N2O2. The maximum atomic E-state index is 11.3. The fraction of sp³-hybridized carbons (Fsp3) is 0.500. The Bertz CT molecular complexity index is 426. The third kappa shape index (κ3) is 2.82. The van der Waals surface area contributed by atoms with E-state index in [1.54, 1.807) is 0 Å². The van der Waals surface area contributed by atoms with E-state index in [-0.39, 0.29) is 12.5 Å². The van der Waals surface area contributed by atoms with Gasteiger partial charge in [0.25, 0.3) is 5.91 Å². The highest BCUT2D eigenvalue weighted by Gasteiger charge is 2.18. The fourth-order valence-corrected chi connectivity index (χ4v) is 2.24. The van der Waals surface area contributed by atoms with E-state index in [0.29, 0.717) is 6.04 Å². The second kappa shape index (κ2) is 5.87. The number of anilines is 1. The van der Waals surface area contributed by atoms with Gasteiger partial charge in [0, 0.05) is 6.04 Å². The number of ether oxygens (including phenoxy) is 1. The minimum atomic E-state index is -0.0878. The molecule has 0 saturated carbocycles. The molecule has 1 atom stereocenters. The van der Waals surface area contributed by atoms with Gasteiger partial charge < -0.3 is 15.4 Å². The first-order valence-electron chi connectivity index (χ1n) is 6.54. The molecule has 4 heteroatoms. The van der Waals surface area contributed by atoms with Crippen molar-refractivity contribution in [3.8, 4) is 5.75 Å². The predicted octanol–water partition coefficient (Wildman–Crippen LogP) is 2.47. The van der Waals surface area contributed by atoms with Crippen molar-refractivity contribution in [2.45, 2.75) is 32.7 Å². The average molecular weight is 248 g/mol. The number of nitrogens with one attached hydrogen (secondary N) is 2. The summed E-state index contributed by atoms with van der Waals surface area (Å²) in [4.78, 5) is 11.3. The Morgan fingerprint density at radius 3 is 3.00 bits per heavy atom. The molecule has 1 aromatic rings. The number of hydrogen-bond donors (Lipinski definition) is 2. The summed E-state index contributed by atoms with van der Waals surface area (Å²) in [5, 5.41) is 6.31. The van der Waals surface area contributed by atoms with Crippen LogP contribution in [0.3, 0.4) is 0 Å². The number of fused-ring (bicyclic) bond motifs is 1. The van der Waals surface area contributed by atoms with Gasteiger partial charge in [-0.25, -0.2) is 0 Å². The number of hydrogen-bond acceptors (Lipinski definition) is 3. The van der Waals surface area contributed by atoms with Gasteiger partial charge in [0.05, 0.1) is 5.69 Å². The molecule has 1 aliphatic rings. The molecular weight excluding hydrogens is 228 g/mol. The Morgan fingerprint density at radius 2 is 2.28 bits per heavy atom. The summed E-state index contributed by atoms with van der Waals surface area (Å²) in [5.74, 6) is 0.667. The van der Waals surface area contributed by atoms with Crippen LogP contribution in [0.5, 0.6) is 5.75 Å². The summed E-state index contributed by atoms with van der Waals surface area (Å²) in [6.45, 7) is 5.32. The van der Waals surface area contributed by atoms with Crippen molar-refractivity contribution in [2.75, 3.05) is 18.5 Å². The molecule has 2 N–H and O–H groups in total. The standard InChI is InChI=1S/C14H20N2O2/c1-3-5-11(15-4-2)10-6-7-13-12(8-10)16-14(17)9-18-13/h6-8,11,15H,3-5,9H2,1-2H3,(H,16,17). The highest BCUT2D eigenvalue weighted by Crippen LogP contribution is 2.31. The number of benzene rings is 1. The first kappa shape index (κ1) is 12.9. The predicted molar refractivity (Wildman–Crippen MR) is 71.9 cm³/mol. The van der Waals surface area contributed by atoms with Gasteiger partial charge in [0.2, 0.25) is 0 Å². The van der Waals surface area contributed by atoms with Gasteiger partial charge in [-0.15, -0.1) is 0 Å². The molecule has 1 heterocycles. The van der Waals surface area contributed by atoms with Crippen LogP contribution < -0.4 is 15.4 Å². The Labute approximate surface area is 108 Å². The van der Waals surface area contributed by atoms with Gasteiger partial charge in [-0.1, -0.05) is 26.3 Å². The SMILES string of the molecule is CCCC(NCC)c1ccc2c(c1)NC(=O)CO2. The van der Waals surface area contributed by atoms with Crippen LogP contribution in [0.15, 0.2) is 18.2 Å². The van der Waals surface area contributed by atoms with Gasteiger partial charge in [0.1, 0.15) is 5.75 Å². The highest BCUT2D eigenvalue weighted by atomic mass is 16.5. The zero-order valence-corrected chi connectivity index (χ0v) is 11.0. The van der Waals surface area contributed by atoms with E-state index < -0.39 is 0 Å². The molecule has 2 rings (SSSR count). The molecule has 98 valence electrons. The highest BCUT2D eigenvalue weighted by molar-refractivity contribution is 5.95. The normalized spacial score (nSPS) is 15.6. The maximum Gasteiger partial charge on any atom is 0.262 e. The fourth-order valence-electron chi connectivity index (χ4n) is 2.24. The third-order valence-corrected chi connectivity index (χ3v) is 3.07. The first-order valence-corrected chi connectivity index (χ1v) is 6.54. The lowest BCUT2D eigenvalue weighted by Gasteiger charge is -2.22. The van der Waals surface area contributed by atoms with Crippen molar-refractivity contribution in [3.05, 3.63) is 23.8 Å². The number of carbonyl (C=O) groups excluding carboxylic acids is 1. The molecule has 1 amide bonds. The van der Waals surface area contributed by atoms with E-state index in [2.05, 4.69) is 30.5 Å². The van der Waals surface area contributed by atoms with Crippen molar-refractivity contribution < 1.29 is 9.53 Å². The second-order valence-corrected chi connectivity index (χ2v) is 4.49. The molecule has 0 saturated heterocycles. The third-order valence-electron chi connectivity index (χ3n) is 3.07. The number of rotatable bonds is 5. The summed E-state index contributed by atoms with van der Waals surface area (Å²) < 4.78 is 5.36.